The first-order valence-corrected chi connectivity index (χ1v) is 13.3. The molecule has 11 nitrogen and oxygen atoms in total. The minimum Gasteiger partial charge on any atom is -0.350 e. The standard InChI is InChI=1S/C27H31FN10O/c1-18-14-36(25(39)26(3,15-28)38-33-9-10-34-38)19(2)13-35(18)23-22-24(32-17-31-23)37(16-27(22)6-4-7-27)21-11-20(12-29)5-8-30-21/h5,8-11,17-19H,4,6-7,13-16H2,1-3H3/t18-,19+,26?/m0/s1. The van der Waals surface area contributed by atoms with Crippen LogP contribution >= 0.6 is 0 Å². The summed E-state index contributed by atoms with van der Waals surface area (Å²) in [5.74, 6) is 2.08. The first-order valence-electron chi connectivity index (χ1n) is 13.3. The topological polar surface area (TPSA) is 120 Å². The van der Waals surface area contributed by atoms with Gasteiger partial charge in [-0.3, -0.25) is 4.79 Å². The first kappa shape index (κ1) is 25.2. The van der Waals surface area contributed by atoms with Crippen molar-refractivity contribution < 1.29 is 9.18 Å². The average molecular weight is 531 g/mol. The van der Waals surface area contributed by atoms with Gasteiger partial charge in [-0.15, -0.1) is 0 Å². The third-order valence-corrected chi connectivity index (χ3v) is 8.62. The molecule has 1 saturated carbocycles. The second-order valence-electron chi connectivity index (χ2n) is 11.2. The Labute approximate surface area is 226 Å². The van der Waals surface area contributed by atoms with E-state index < -0.39 is 12.2 Å². The number of nitrogens with zero attached hydrogens (tertiary/aromatic N) is 10. The molecule has 1 spiro atoms. The lowest BCUT2D eigenvalue weighted by Crippen LogP contribution is -2.63. The molecule has 0 bridgehead atoms. The lowest BCUT2D eigenvalue weighted by Gasteiger charge is -2.48. The fourth-order valence-corrected chi connectivity index (χ4v) is 6.24. The van der Waals surface area contributed by atoms with Gasteiger partial charge in [0.15, 0.2) is 5.54 Å². The maximum atomic E-state index is 14.3. The SMILES string of the molecule is C[C@@H]1CN(c2ncnc3c2C2(CCC2)CN3c2cc(C#N)ccn2)[C@@H](C)CN1C(=O)C(C)(CF)n1nccn1. The van der Waals surface area contributed by atoms with E-state index in [2.05, 4.69) is 38.0 Å². The van der Waals surface area contributed by atoms with Crippen molar-refractivity contribution in [1.82, 2.24) is 34.8 Å². The number of pyridine rings is 1. The first-order chi connectivity index (χ1) is 18.8. The Balaban J connectivity index is 1.33. The number of anilines is 3. The van der Waals surface area contributed by atoms with Crippen LogP contribution in [0.2, 0.25) is 0 Å². The van der Waals surface area contributed by atoms with Crippen LogP contribution in [0, 0.1) is 11.3 Å². The summed E-state index contributed by atoms with van der Waals surface area (Å²) >= 11 is 0. The molecule has 1 saturated heterocycles. The highest BCUT2D eigenvalue weighted by Crippen LogP contribution is 2.56. The highest BCUT2D eigenvalue weighted by atomic mass is 19.1. The number of alkyl halides is 1. The van der Waals surface area contributed by atoms with Gasteiger partial charge in [0.05, 0.1) is 24.0 Å². The maximum Gasteiger partial charge on any atom is 0.255 e. The van der Waals surface area contributed by atoms with Crippen molar-refractivity contribution in [2.24, 2.45) is 0 Å². The molecule has 2 fully saturated rings. The summed E-state index contributed by atoms with van der Waals surface area (Å²) < 4.78 is 14.3. The van der Waals surface area contributed by atoms with Crippen LogP contribution in [0.3, 0.4) is 0 Å². The Morgan fingerprint density at radius 3 is 2.54 bits per heavy atom. The summed E-state index contributed by atoms with van der Waals surface area (Å²) in [5.41, 5.74) is 0.0925. The van der Waals surface area contributed by atoms with E-state index in [-0.39, 0.29) is 23.4 Å². The zero-order valence-electron chi connectivity index (χ0n) is 22.3. The number of hydrogen-bond donors (Lipinski definition) is 0. The van der Waals surface area contributed by atoms with Crippen LogP contribution in [0.25, 0.3) is 0 Å². The van der Waals surface area contributed by atoms with Gasteiger partial charge in [-0.2, -0.15) is 20.3 Å². The molecule has 3 aromatic heterocycles. The van der Waals surface area contributed by atoms with E-state index in [4.69, 9.17) is 9.97 Å². The van der Waals surface area contributed by atoms with Crippen LogP contribution in [-0.2, 0) is 15.7 Å². The zero-order valence-corrected chi connectivity index (χ0v) is 22.3. The van der Waals surface area contributed by atoms with Gasteiger partial charge in [-0.1, -0.05) is 6.42 Å². The molecule has 0 aromatic carbocycles. The molecule has 202 valence electrons. The van der Waals surface area contributed by atoms with E-state index in [9.17, 15) is 14.4 Å². The molecule has 0 radical (unpaired) electrons. The molecule has 3 aliphatic rings. The van der Waals surface area contributed by atoms with Crippen molar-refractivity contribution in [3.8, 4) is 6.07 Å². The molecule has 1 amide bonds. The van der Waals surface area contributed by atoms with Crippen molar-refractivity contribution in [3.05, 3.63) is 48.2 Å². The van der Waals surface area contributed by atoms with Gasteiger partial charge in [0, 0.05) is 48.9 Å². The summed E-state index contributed by atoms with van der Waals surface area (Å²) in [5, 5.41) is 17.5. The summed E-state index contributed by atoms with van der Waals surface area (Å²) in [6.45, 7) is 6.39. The van der Waals surface area contributed by atoms with E-state index >= 15 is 0 Å². The molecule has 12 heteroatoms. The number of piperazine rings is 1. The number of halogens is 1. The highest BCUT2D eigenvalue weighted by Gasteiger charge is 2.52. The summed E-state index contributed by atoms with van der Waals surface area (Å²) in [4.78, 5) is 35.0. The van der Waals surface area contributed by atoms with Gasteiger partial charge in [0.1, 0.15) is 30.5 Å². The second kappa shape index (κ2) is 9.25. The molecule has 6 rings (SSSR count). The summed E-state index contributed by atoms with van der Waals surface area (Å²) in [7, 11) is 0. The third-order valence-electron chi connectivity index (χ3n) is 8.62. The van der Waals surface area contributed by atoms with E-state index in [0.29, 0.717) is 24.5 Å². The number of rotatable bonds is 5. The van der Waals surface area contributed by atoms with Crippen molar-refractivity contribution in [3.63, 3.8) is 0 Å². The predicted octanol–water partition coefficient (Wildman–Crippen LogP) is 2.72. The Kier molecular flexibility index (Phi) is 5.97. The summed E-state index contributed by atoms with van der Waals surface area (Å²) in [6, 6.07) is 5.45. The molecular weight excluding hydrogens is 499 g/mol. The number of carbonyl (C=O) groups excluding carboxylic acids is 1. The normalized spacial score (nSPS) is 23.2. The monoisotopic (exact) mass is 530 g/mol. The number of carbonyl (C=O) groups is 1. The van der Waals surface area contributed by atoms with E-state index in [1.54, 1.807) is 36.5 Å². The Hall–Kier alpha value is -4.14. The fraction of sp³-hybridized carbons (Fsp3) is 0.519. The molecular formula is C27H31FN10O. The van der Waals surface area contributed by atoms with Crippen molar-refractivity contribution in [2.45, 2.75) is 63.1 Å². The molecule has 1 unspecified atom stereocenters. The van der Waals surface area contributed by atoms with E-state index in [1.807, 2.05) is 6.92 Å². The molecule has 2 aliphatic heterocycles. The van der Waals surface area contributed by atoms with E-state index in [1.165, 1.54) is 17.2 Å². The smallest absolute Gasteiger partial charge is 0.255 e. The minimum atomic E-state index is -1.50. The maximum absolute atomic E-state index is 14.3. The number of hydrogen-bond acceptors (Lipinski definition) is 9. The molecule has 5 heterocycles. The Morgan fingerprint density at radius 2 is 1.87 bits per heavy atom. The van der Waals surface area contributed by atoms with Gasteiger partial charge in [0.2, 0.25) is 0 Å². The van der Waals surface area contributed by atoms with Crippen LogP contribution in [0.4, 0.5) is 21.8 Å². The quantitative estimate of drug-likeness (QED) is 0.490. The van der Waals surface area contributed by atoms with Gasteiger partial charge in [0.25, 0.3) is 5.91 Å². The lowest BCUT2D eigenvalue weighted by atomic mass is 9.66. The van der Waals surface area contributed by atoms with Gasteiger partial charge >= 0.3 is 0 Å². The third kappa shape index (κ3) is 3.82. The van der Waals surface area contributed by atoms with Crippen molar-refractivity contribution >= 4 is 23.4 Å². The molecule has 3 aromatic rings. The Bertz CT molecular complexity index is 1430. The van der Waals surface area contributed by atoms with Gasteiger partial charge < -0.3 is 14.7 Å². The second-order valence-corrected chi connectivity index (χ2v) is 11.2. The van der Waals surface area contributed by atoms with Crippen LogP contribution in [0.5, 0.6) is 0 Å². The molecule has 39 heavy (non-hydrogen) atoms. The lowest BCUT2D eigenvalue weighted by molar-refractivity contribution is -0.145. The predicted molar refractivity (Wildman–Crippen MR) is 141 cm³/mol. The van der Waals surface area contributed by atoms with E-state index in [0.717, 1.165) is 43.0 Å². The van der Waals surface area contributed by atoms with Crippen LogP contribution in [0.1, 0.15) is 51.2 Å². The fourth-order valence-electron chi connectivity index (χ4n) is 6.24. The largest absolute Gasteiger partial charge is 0.350 e. The summed E-state index contributed by atoms with van der Waals surface area (Å²) in [6.07, 6.45) is 9.34. The van der Waals surface area contributed by atoms with Gasteiger partial charge in [-0.25, -0.2) is 19.3 Å². The number of nitriles is 1. The van der Waals surface area contributed by atoms with Crippen LogP contribution < -0.4 is 9.80 Å². The molecule has 3 atom stereocenters. The number of aromatic nitrogens is 6. The number of fused-ring (bicyclic) bond motifs is 2. The highest BCUT2D eigenvalue weighted by molar-refractivity contribution is 5.85. The van der Waals surface area contributed by atoms with Crippen molar-refractivity contribution in [2.75, 3.05) is 36.1 Å². The zero-order chi connectivity index (χ0) is 27.4. The minimum absolute atomic E-state index is 0.0650. The van der Waals surface area contributed by atoms with Crippen molar-refractivity contribution in [1.29, 1.82) is 5.26 Å². The Morgan fingerprint density at radius 1 is 1.13 bits per heavy atom. The molecule has 1 aliphatic carbocycles. The van der Waals surface area contributed by atoms with Crippen LogP contribution in [-0.4, -0.2) is 79.1 Å². The molecule has 0 N–H and O–H groups in total. The van der Waals surface area contributed by atoms with Gasteiger partial charge in [-0.05, 0) is 45.7 Å². The average Bonchev–Trinajstić information content (AvgIpc) is 3.61. The van der Waals surface area contributed by atoms with Crippen LogP contribution in [0.15, 0.2) is 37.1 Å². The number of amides is 1.